The summed E-state index contributed by atoms with van der Waals surface area (Å²) in [7, 11) is 0. The van der Waals surface area contributed by atoms with Crippen LogP contribution < -0.4 is 0 Å². The van der Waals surface area contributed by atoms with E-state index in [4.69, 9.17) is 4.42 Å². The molecule has 2 rings (SSSR count). The minimum absolute atomic E-state index is 0.630. The average Bonchev–Trinajstić information content (AvgIpc) is 2.68. The van der Waals surface area contributed by atoms with Crippen LogP contribution in [0.2, 0.25) is 0 Å². The lowest BCUT2D eigenvalue weighted by atomic mass is 10.3. The van der Waals surface area contributed by atoms with Gasteiger partial charge in [0, 0.05) is 11.1 Å². The monoisotopic (exact) mass is 285 g/mol. The Kier molecular flexibility index (Phi) is 3.70. The predicted octanol–water partition coefficient (Wildman–Crippen LogP) is 3.95. The van der Waals surface area contributed by atoms with Gasteiger partial charge in [0.1, 0.15) is 5.52 Å². The van der Waals surface area contributed by atoms with E-state index in [1.54, 1.807) is 11.8 Å². The van der Waals surface area contributed by atoms with Gasteiger partial charge in [0.2, 0.25) is 0 Å². The standard InChI is InChI=1S/C11H12BrNOS/c1-8(6-12)7-15-11-13-9-4-2-3-5-10(9)14-11/h2-5,8H,6-7H2,1H3. The fourth-order valence-electron chi connectivity index (χ4n) is 1.17. The summed E-state index contributed by atoms with van der Waals surface area (Å²) in [6.07, 6.45) is 0. The molecule has 1 atom stereocenters. The first-order valence-corrected chi connectivity index (χ1v) is 6.94. The highest BCUT2D eigenvalue weighted by atomic mass is 79.9. The number of nitrogens with zero attached hydrogens (tertiary/aromatic N) is 1. The first-order valence-electron chi connectivity index (χ1n) is 4.84. The number of fused-ring (bicyclic) bond motifs is 1. The molecular formula is C11H12BrNOS. The molecular weight excluding hydrogens is 274 g/mol. The van der Waals surface area contributed by atoms with E-state index in [9.17, 15) is 0 Å². The molecule has 0 radical (unpaired) electrons. The number of hydrogen-bond donors (Lipinski definition) is 0. The normalized spacial score (nSPS) is 13.2. The maximum absolute atomic E-state index is 5.60. The highest BCUT2D eigenvalue weighted by molar-refractivity contribution is 9.09. The summed E-state index contributed by atoms with van der Waals surface area (Å²) in [6, 6.07) is 7.85. The number of oxazole rings is 1. The molecule has 0 saturated carbocycles. The molecule has 2 aromatic rings. The van der Waals surface area contributed by atoms with Gasteiger partial charge in [-0.3, -0.25) is 0 Å². The zero-order valence-electron chi connectivity index (χ0n) is 8.44. The molecule has 0 N–H and O–H groups in total. The molecule has 1 aromatic heterocycles. The summed E-state index contributed by atoms with van der Waals surface area (Å²) in [5, 5.41) is 1.78. The second-order valence-corrected chi connectivity index (χ2v) is 5.14. The van der Waals surface area contributed by atoms with Crippen LogP contribution in [0.1, 0.15) is 6.92 Å². The van der Waals surface area contributed by atoms with Gasteiger partial charge in [-0.1, -0.05) is 46.7 Å². The van der Waals surface area contributed by atoms with E-state index in [1.165, 1.54) is 0 Å². The second-order valence-electron chi connectivity index (χ2n) is 3.52. The molecule has 0 saturated heterocycles. The van der Waals surface area contributed by atoms with Gasteiger partial charge in [-0.15, -0.1) is 0 Å². The lowest BCUT2D eigenvalue weighted by molar-refractivity contribution is 0.488. The van der Waals surface area contributed by atoms with Crippen molar-refractivity contribution in [2.75, 3.05) is 11.1 Å². The van der Waals surface area contributed by atoms with Gasteiger partial charge in [0.15, 0.2) is 5.58 Å². The largest absolute Gasteiger partial charge is 0.431 e. The van der Waals surface area contributed by atoms with Gasteiger partial charge in [0.25, 0.3) is 5.22 Å². The number of benzene rings is 1. The highest BCUT2D eigenvalue weighted by Crippen LogP contribution is 2.24. The summed E-state index contributed by atoms with van der Waals surface area (Å²) >= 11 is 5.13. The van der Waals surface area contributed by atoms with E-state index in [1.807, 2.05) is 24.3 Å². The van der Waals surface area contributed by atoms with Crippen LogP contribution in [0.4, 0.5) is 0 Å². The van der Waals surface area contributed by atoms with Crippen molar-refractivity contribution >= 4 is 38.8 Å². The van der Waals surface area contributed by atoms with Crippen molar-refractivity contribution in [3.05, 3.63) is 24.3 Å². The molecule has 0 aliphatic carbocycles. The lowest BCUT2D eigenvalue weighted by Gasteiger charge is -2.02. The third-order valence-corrected chi connectivity index (χ3v) is 4.29. The third-order valence-electron chi connectivity index (χ3n) is 2.03. The van der Waals surface area contributed by atoms with Crippen LogP contribution in [0.3, 0.4) is 0 Å². The highest BCUT2D eigenvalue weighted by Gasteiger charge is 2.07. The second kappa shape index (κ2) is 5.03. The number of thioether (sulfide) groups is 1. The van der Waals surface area contributed by atoms with Crippen molar-refractivity contribution in [2.45, 2.75) is 12.1 Å². The molecule has 80 valence electrons. The Labute approximate surface area is 102 Å². The molecule has 4 heteroatoms. The quantitative estimate of drug-likeness (QED) is 0.628. The van der Waals surface area contributed by atoms with Gasteiger partial charge >= 0.3 is 0 Å². The Morgan fingerprint density at radius 1 is 1.47 bits per heavy atom. The van der Waals surface area contributed by atoms with Crippen molar-refractivity contribution in [3.8, 4) is 0 Å². The summed E-state index contributed by atoms with van der Waals surface area (Å²) < 4.78 is 5.60. The van der Waals surface area contributed by atoms with Crippen LogP contribution in [0.25, 0.3) is 11.1 Å². The number of halogens is 1. The van der Waals surface area contributed by atoms with Gasteiger partial charge < -0.3 is 4.42 Å². The van der Waals surface area contributed by atoms with E-state index in [2.05, 4.69) is 27.8 Å². The topological polar surface area (TPSA) is 26.0 Å². The van der Waals surface area contributed by atoms with Gasteiger partial charge in [-0.2, -0.15) is 0 Å². The Morgan fingerprint density at radius 3 is 3.00 bits per heavy atom. The van der Waals surface area contributed by atoms with Gasteiger partial charge in [-0.25, -0.2) is 4.98 Å². The smallest absolute Gasteiger partial charge is 0.256 e. The molecule has 0 spiro atoms. The molecule has 0 bridgehead atoms. The van der Waals surface area contributed by atoms with Crippen LogP contribution in [-0.2, 0) is 0 Å². The molecule has 2 nitrogen and oxygen atoms in total. The third kappa shape index (κ3) is 2.75. The SMILES string of the molecule is CC(CBr)CSc1nc2ccccc2o1. The molecule has 1 aromatic carbocycles. The van der Waals surface area contributed by atoms with Crippen molar-refractivity contribution in [2.24, 2.45) is 5.92 Å². The number of aromatic nitrogens is 1. The van der Waals surface area contributed by atoms with E-state index in [0.717, 1.165) is 27.4 Å². The Morgan fingerprint density at radius 2 is 2.27 bits per heavy atom. The van der Waals surface area contributed by atoms with Crippen molar-refractivity contribution in [1.82, 2.24) is 4.98 Å². The fraction of sp³-hybridized carbons (Fsp3) is 0.364. The molecule has 1 heterocycles. The predicted molar refractivity (Wildman–Crippen MR) is 67.7 cm³/mol. The van der Waals surface area contributed by atoms with E-state index >= 15 is 0 Å². The number of rotatable bonds is 4. The molecule has 0 fully saturated rings. The van der Waals surface area contributed by atoms with Crippen LogP contribution in [0, 0.1) is 5.92 Å². The van der Waals surface area contributed by atoms with Crippen molar-refractivity contribution in [3.63, 3.8) is 0 Å². The fourth-order valence-corrected chi connectivity index (χ4v) is 2.56. The summed E-state index contributed by atoms with van der Waals surface area (Å²) in [5.74, 6) is 1.66. The van der Waals surface area contributed by atoms with Crippen molar-refractivity contribution < 1.29 is 4.42 Å². The number of alkyl halides is 1. The first-order chi connectivity index (χ1) is 7.29. The first kappa shape index (κ1) is 11.0. The lowest BCUT2D eigenvalue weighted by Crippen LogP contribution is -1.98. The average molecular weight is 286 g/mol. The molecule has 15 heavy (non-hydrogen) atoms. The zero-order chi connectivity index (χ0) is 10.7. The summed E-state index contributed by atoms with van der Waals surface area (Å²) in [4.78, 5) is 4.40. The van der Waals surface area contributed by atoms with Crippen LogP contribution in [-0.4, -0.2) is 16.1 Å². The molecule has 0 aliphatic rings. The maximum atomic E-state index is 5.60. The van der Waals surface area contributed by atoms with Crippen LogP contribution >= 0.6 is 27.7 Å². The summed E-state index contributed by atoms with van der Waals surface area (Å²) in [6.45, 7) is 2.20. The molecule has 0 aliphatic heterocycles. The van der Waals surface area contributed by atoms with Crippen LogP contribution in [0.15, 0.2) is 33.9 Å². The van der Waals surface area contributed by atoms with Crippen LogP contribution in [0.5, 0.6) is 0 Å². The zero-order valence-corrected chi connectivity index (χ0v) is 10.8. The molecule has 0 amide bonds. The van der Waals surface area contributed by atoms with E-state index < -0.39 is 0 Å². The Bertz CT molecular complexity index is 410. The van der Waals surface area contributed by atoms with E-state index in [-0.39, 0.29) is 0 Å². The maximum Gasteiger partial charge on any atom is 0.256 e. The Balaban J connectivity index is 2.09. The van der Waals surface area contributed by atoms with Crippen molar-refractivity contribution in [1.29, 1.82) is 0 Å². The number of para-hydroxylation sites is 2. The molecule has 1 unspecified atom stereocenters. The minimum atomic E-state index is 0.630. The summed E-state index contributed by atoms with van der Waals surface area (Å²) in [5.41, 5.74) is 1.80. The number of hydrogen-bond acceptors (Lipinski definition) is 3. The minimum Gasteiger partial charge on any atom is -0.431 e. The van der Waals surface area contributed by atoms with Gasteiger partial charge in [0.05, 0.1) is 0 Å². The van der Waals surface area contributed by atoms with E-state index in [0.29, 0.717) is 5.92 Å². The van der Waals surface area contributed by atoms with Gasteiger partial charge in [-0.05, 0) is 18.1 Å². The Hall–Kier alpha value is -0.480.